The van der Waals surface area contributed by atoms with Crippen LogP contribution in [0.4, 0.5) is 5.82 Å². The number of rotatable bonds is 5. The van der Waals surface area contributed by atoms with Crippen LogP contribution in [0.5, 0.6) is 0 Å². The Morgan fingerprint density at radius 3 is 2.66 bits per heavy atom. The number of para-hydroxylation sites is 1. The quantitative estimate of drug-likeness (QED) is 0.356. The van der Waals surface area contributed by atoms with E-state index in [0.29, 0.717) is 11.2 Å². The molecular formula is C28H22N6O. The number of fused-ring (bicyclic) bond motifs is 2. The molecule has 0 unspecified atom stereocenters. The number of pyridine rings is 3. The van der Waals surface area contributed by atoms with Crippen LogP contribution in [0, 0.1) is 0 Å². The summed E-state index contributed by atoms with van der Waals surface area (Å²) in [5.74, 6) is 0.660. The number of hydrogen-bond donors (Lipinski definition) is 2. The van der Waals surface area contributed by atoms with Gasteiger partial charge in [0.2, 0.25) is 0 Å². The fourth-order valence-corrected chi connectivity index (χ4v) is 4.56. The first-order valence-corrected chi connectivity index (χ1v) is 11.4. The molecule has 0 radical (unpaired) electrons. The van der Waals surface area contributed by atoms with Gasteiger partial charge in [0.25, 0.3) is 5.56 Å². The summed E-state index contributed by atoms with van der Waals surface area (Å²) in [6.07, 6.45) is 6.91. The fourth-order valence-electron chi connectivity index (χ4n) is 4.56. The Labute approximate surface area is 201 Å². The molecule has 4 aromatic heterocycles. The molecule has 0 saturated carbocycles. The third kappa shape index (κ3) is 3.63. The summed E-state index contributed by atoms with van der Waals surface area (Å²) in [7, 11) is 0. The van der Waals surface area contributed by atoms with Crippen molar-refractivity contribution < 1.29 is 0 Å². The molecule has 2 aromatic carbocycles. The van der Waals surface area contributed by atoms with Gasteiger partial charge >= 0.3 is 0 Å². The molecule has 1 atom stereocenters. The molecule has 7 heteroatoms. The van der Waals surface area contributed by atoms with Crippen LogP contribution in [0.2, 0.25) is 0 Å². The Kier molecular flexibility index (Phi) is 5.07. The molecule has 0 saturated heterocycles. The van der Waals surface area contributed by atoms with Gasteiger partial charge in [-0.05, 0) is 48.2 Å². The van der Waals surface area contributed by atoms with Crippen molar-refractivity contribution in [2.75, 3.05) is 5.32 Å². The van der Waals surface area contributed by atoms with Crippen molar-refractivity contribution in [3.8, 4) is 16.8 Å². The van der Waals surface area contributed by atoms with Gasteiger partial charge < -0.3 is 10.3 Å². The van der Waals surface area contributed by atoms with Crippen LogP contribution >= 0.6 is 0 Å². The minimum Gasteiger partial charge on any atom is -0.360 e. The van der Waals surface area contributed by atoms with Crippen LogP contribution < -0.4 is 10.9 Å². The highest BCUT2D eigenvalue weighted by Crippen LogP contribution is 2.30. The third-order valence-corrected chi connectivity index (χ3v) is 6.20. The smallest absolute Gasteiger partial charge is 0.263 e. The summed E-state index contributed by atoms with van der Waals surface area (Å²) >= 11 is 0. The van der Waals surface area contributed by atoms with E-state index < -0.39 is 0 Å². The average molecular weight is 459 g/mol. The molecule has 0 aliphatic carbocycles. The van der Waals surface area contributed by atoms with Crippen LogP contribution in [0.1, 0.15) is 18.7 Å². The Balaban J connectivity index is 1.58. The van der Waals surface area contributed by atoms with E-state index >= 15 is 0 Å². The van der Waals surface area contributed by atoms with Crippen molar-refractivity contribution in [3.05, 3.63) is 114 Å². The molecule has 170 valence electrons. The van der Waals surface area contributed by atoms with Crippen molar-refractivity contribution in [1.29, 1.82) is 0 Å². The first-order chi connectivity index (χ1) is 17.2. The highest BCUT2D eigenvalue weighted by atomic mass is 16.1. The SMILES string of the molecule is C[C@@H](Nc1nccc2[nH]cnc12)c1cc2cccc(-c3cccnc3)c2c(=O)n1-c1ccccc1. The predicted molar refractivity (Wildman–Crippen MR) is 139 cm³/mol. The topological polar surface area (TPSA) is 88.5 Å². The molecule has 7 nitrogen and oxygen atoms in total. The lowest BCUT2D eigenvalue weighted by Crippen LogP contribution is -2.26. The summed E-state index contributed by atoms with van der Waals surface area (Å²) in [5, 5.41) is 5.01. The second-order valence-corrected chi connectivity index (χ2v) is 8.38. The van der Waals surface area contributed by atoms with E-state index in [9.17, 15) is 4.79 Å². The number of hydrogen-bond acceptors (Lipinski definition) is 5. The average Bonchev–Trinajstić information content (AvgIpc) is 3.39. The van der Waals surface area contributed by atoms with E-state index in [-0.39, 0.29) is 11.6 Å². The molecule has 6 rings (SSSR count). The van der Waals surface area contributed by atoms with Crippen LogP contribution in [-0.4, -0.2) is 24.5 Å². The van der Waals surface area contributed by atoms with E-state index in [4.69, 9.17) is 0 Å². The highest BCUT2D eigenvalue weighted by Gasteiger charge is 2.19. The first kappa shape index (κ1) is 20.8. The molecular weight excluding hydrogens is 436 g/mol. The Bertz CT molecular complexity index is 1710. The van der Waals surface area contributed by atoms with Gasteiger partial charge in [-0.25, -0.2) is 9.97 Å². The van der Waals surface area contributed by atoms with Gasteiger partial charge in [-0.2, -0.15) is 0 Å². The first-order valence-electron chi connectivity index (χ1n) is 11.4. The Morgan fingerprint density at radius 2 is 1.83 bits per heavy atom. The molecule has 0 aliphatic rings. The Hall–Kier alpha value is -4.78. The molecule has 35 heavy (non-hydrogen) atoms. The van der Waals surface area contributed by atoms with Gasteiger partial charge in [-0.3, -0.25) is 14.3 Å². The number of H-pyrrole nitrogens is 1. The zero-order valence-electron chi connectivity index (χ0n) is 19.0. The lowest BCUT2D eigenvalue weighted by molar-refractivity contribution is 0.774. The minimum atomic E-state index is -0.232. The van der Waals surface area contributed by atoms with Gasteiger partial charge in [0.1, 0.15) is 5.52 Å². The maximum absolute atomic E-state index is 14.2. The van der Waals surface area contributed by atoms with Gasteiger partial charge in [0, 0.05) is 35.5 Å². The molecule has 0 fully saturated rings. The zero-order valence-corrected chi connectivity index (χ0v) is 19.0. The number of nitrogens with zero attached hydrogens (tertiary/aromatic N) is 4. The van der Waals surface area contributed by atoms with Crippen molar-refractivity contribution in [2.24, 2.45) is 0 Å². The molecule has 6 aromatic rings. The van der Waals surface area contributed by atoms with Crippen molar-refractivity contribution in [1.82, 2.24) is 24.5 Å². The molecule has 0 aliphatic heterocycles. The fraction of sp³-hybridized carbons (Fsp3) is 0.0714. The predicted octanol–water partition coefficient (Wildman–Crippen LogP) is 5.50. The van der Waals surface area contributed by atoms with Gasteiger partial charge in [0.15, 0.2) is 5.82 Å². The lowest BCUT2D eigenvalue weighted by atomic mass is 9.99. The van der Waals surface area contributed by atoms with Crippen LogP contribution in [0.25, 0.3) is 38.6 Å². The van der Waals surface area contributed by atoms with Gasteiger partial charge in [-0.1, -0.05) is 42.5 Å². The maximum atomic E-state index is 14.2. The molecule has 2 N–H and O–H groups in total. The van der Waals surface area contributed by atoms with Gasteiger partial charge in [-0.15, -0.1) is 0 Å². The normalized spacial score (nSPS) is 12.1. The minimum absolute atomic E-state index is 0.0808. The van der Waals surface area contributed by atoms with E-state index in [1.54, 1.807) is 29.5 Å². The molecule has 4 heterocycles. The number of benzene rings is 2. The lowest BCUT2D eigenvalue weighted by Gasteiger charge is -2.22. The molecule has 0 spiro atoms. The maximum Gasteiger partial charge on any atom is 0.263 e. The highest BCUT2D eigenvalue weighted by molar-refractivity contribution is 5.96. The van der Waals surface area contributed by atoms with E-state index in [1.165, 1.54) is 0 Å². The van der Waals surface area contributed by atoms with E-state index in [0.717, 1.165) is 38.9 Å². The zero-order chi connectivity index (χ0) is 23.8. The summed E-state index contributed by atoms with van der Waals surface area (Å²) < 4.78 is 1.78. The standard InChI is InChI=1S/C28H22N6O/c1-18(33-27-26-23(12-14-30-27)31-17-32-26)24-15-19-7-5-11-22(20-8-6-13-29-16-20)25(19)28(35)34(24)21-9-3-2-4-10-21/h2-18H,1H3,(H,30,33)(H,31,32)/t18-/m1/s1. The number of imidazole rings is 1. The second kappa shape index (κ2) is 8.53. The summed E-state index contributed by atoms with van der Waals surface area (Å²) in [6.45, 7) is 2.03. The van der Waals surface area contributed by atoms with Crippen molar-refractivity contribution in [3.63, 3.8) is 0 Å². The van der Waals surface area contributed by atoms with Crippen LogP contribution in [-0.2, 0) is 0 Å². The number of aromatic amines is 1. The van der Waals surface area contributed by atoms with Gasteiger partial charge in [0.05, 0.1) is 23.3 Å². The van der Waals surface area contributed by atoms with Crippen LogP contribution in [0.15, 0.2) is 103 Å². The monoisotopic (exact) mass is 458 g/mol. The van der Waals surface area contributed by atoms with Crippen LogP contribution in [0.3, 0.4) is 0 Å². The molecule has 0 amide bonds. The van der Waals surface area contributed by atoms with E-state index in [1.807, 2.05) is 73.7 Å². The van der Waals surface area contributed by atoms with E-state index in [2.05, 4.69) is 31.3 Å². The molecule has 0 bridgehead atoms. The second-order valence-electron chi connectivity index (χ2n) is 8.38. The summed E-state index contributed by atoms with van der Waals surface area (Å²) in [5.41, 5.74) is 4.97. The number of anilines is 1. The Morgan fingerprint density at radius 1 is 0.943 bits per heavy atom. The summed E-state index contributed by atoms with van der Waals surface area (Å²) in [4.78, 5) is 30.4. The van der Waals surface area contributed by atoms with Crippen molar-refractivity contribution >= 4 is 27.6 Å². The van der Waals surface area contributed by atoms with Crippen molar-refractivity contribution in [2.45, 2.75) is 13.0 Å². The number of nitrogens with one attached hydrogen (secondary N) is 2. The summed E-state index contributed by atoms with van der Waals surface area (Å²) in [6, 6.07) is 23.2. The largest absolute Gasteiger partial charge is 0.360 e. The number of aromatic nitrogens is 5. The third-order valence-electron chi connectivity index (χ3n) is 6.20.